The molecule has 2 amide bonds. The third-order valence-corrected chi connectivity index (χ3v) is 5.45. The van der Waals surface area contributed by atoms with Gasteiger partial charge in [-0.1, -0.05) is 18.2 Å². The van der Waals surface area contributed by atoms with Crippen LogP contribution in [0.3, 0.4) is 0 Å². The minimum Gasteiger partial charge on any atom is -0.478 e. The number of anilines is 1. The number of carboxylic acids is 2. The molecule has 1 atom stereocenters. The van der Waals surface area contributed by atoms with Gasteiger partial charge in [-0.2, -0.15) is 0 Å². The molecule has 7 nitrogen and oxygen atoms in total. The van der Waals surface area contributed by atoms with E-state index in [4.69, 9.17) is 5.11 Å². The summed E-state index contributed by atoms with van der Waals surface area (Å²) in [5.41, 5.74) is 0.867. The summed E-state index contributed by atoms with van der Waals surface area (Å²) in [6.45, 7) is 1.68. The normalized spacial score (nSPS) is 16.6. The van der Waals surface area contributed by atoms with Crippen LogP contribution in [0.5, 0.6) is 0 Å². The van der Waals surface area contributed by atoms with Crippen LogP contribution in [0.25, 0.3) is 0 Å². The molecule has 1 fully saturated rings. The average molecular weight is 385 g/mol. The third kappa shape index (κ3) is 3.56. The molecule has 0 aliphatic carbocycles. The number of carbonyl (C=O) groups is 4. The maximum atomic E-state index is 12.8. The second-order valence-corrected chi connectivity index (χ2v) is 7.23. The summed E-state index contributed by atoms with van der Waals surface area (Å²) in [7, 11) is 0. The number of imide groups is 1. The molecular weight excluding hydrogens is 370 g/mol. The summed E-state index contributed by atoms with van der Waals surface area (Å²) in [5.74, 6) is -3.21. The fourth-order valence-corrected chi connectivity index (χ4v) is 4.01. The molecule has 0 saturated carbocycles. The van der Waals surface area contributed by atoms with E-state index in [1.807, 2.05) is 0 Å². The van der Waals surface area contributed by atoms with Gasteiger partial charge in [0.2, 0.25) is 11.8 Å². The van der Waals surface area contributed by atoms with E-state index < -0.39 is 29.0 Å². The molecular formula is C19H15NO6S. The number of rotatable bonds is 5. The Morgan fingerprint density at radius 2 is 1.78 bits per heavy atom. The quantitative estimate of drug-likeness (QED) is 0.761. The van der Waals surface area contributed by atoms with Crippen molar-refractivity contribution in [1.29, 1.82) is 0 Å². The molecule has 138 valence electrons. The fraction of sp³-hybridized carbons (Fsp3) is 0.158. The monoisotopic (exact) mass is 385 g/mol. The molecule has 0 spiro atoms. The summed E-state index contributed by atoms with van der Waals surface area (Å²) >= 11 is 1.02. The van der Waals surface area contributed by atoms with Crippen LogP contribution in [0, 0.1) is 6.92 Å². The van der Waals surface area contributed by atoms with Gasteiger partial charge in [-0.3, -0.25) is 9.59 Å². The molecule has 1 heterocycles. The number of benzene rings is 2. The van der Waals surface area contributed by atoms with Gasteiger partial charge in [0.05, 0.1) is 22.1 Å². The summed E-state index contributed by atoms with van der Waals surface area (Å²) in [6.07, 6.45) is -0.0891. The predicted octanol–water partition coefficient (Wildman–Crippen LogP) is 2.82. The Hall–Kier alpha value is -3.13. The molecule has 27 heavy (non-hydrogen) atoms. The number of nitrogens with zero attached hydrogens (tertiary/aromatic N) is 1. The molecule has 0 radical (unpaired) electrons. The van der Waals surface area contributed by atoms with Crippen LogP contribution in [-0.4, -0.2) is 39.2 Å². The lowest BCUT2D eigenvalue weighted by molar-refractivity contribution is -0.121. The maximum Gasteiger partial charge on any atom is 0.336 e. The highest BCUT2D eigenvalue weighted by Crippen LogP contribution is 2.36. The number of carboxylic acid groups (broad SMARTS) is 2. The van der Waals surface area contributed by atoms with Gasteiger partial charge in [0.1, 0.15) is 0 Å². The lowest BCUT2D eigenvalue weighted by atomic mass is 10.1. The number of hydrogen-bond donors (Lipinski definition) is 2. The standard InChI is InChI=1S/C19H15NO6S/c1-10-6-7-11(18(23)24)8-13(10)20-16(21)9-15(17(20)22)27-14-5-3-2-4-12(14)19(25)26/h2-8,15H,9H2,1H3,(H,23,24)(H,25,26). The first kappa shape index (κ1) is 18.7. The van der Waals surface area contributed by atoms with Crippen molar-refractivity contribution in [1.82, 2.24) is 0 Å². The van der Waals surface area contributed by atoms with Crippen molar-refractivity contribution in [3.63, 3.8) is 0 Å². The average Bonchev–Trinajstić information content (AvgIpc) is 2.89. The Morgan fingerprint density at radius 3 is 2.44 bits per heavy atom. The van der Waals surface area contributed by atoms with Gasteiger partial charge in [0.15, 0.2) is 0 Å². The molecule has 1 aliphatic heterocycles. The first-order chi connectivity index (χ1) is 12.8. The summed E-state index contributed by atoms with van der Waals surface area (Å²) in [6, 6.07) is 10.5. The Balaban J connectivity index is 1.92. The third-order valence-electron chi connectivity index (χ3n) is 4.19. The van der Waals surface area contributed by atoms with Gasteiger partial charge in [-0.15, -0.1) is 11.8 Å². The molecule has 1 aliphatic rings. The van der Waals surface area contributed by atoms with Crippen molar-refractivity contribution in [2.24, 2.45) is 0 Å². The Morgan fingerprint density at radius 1 is 1.07 bits per heavy atom. The van der Waals surface area contributed by atoms with Gasteiger partial charge in [0, 0.05) is 11.3 Å². The van der Waals surface area contributed by atoms with Gasteiger partial charge >= 0.3 is 11.9 Å². The Kier molecular flexibility index (Phi) is 5.00. The molecule has 0 bridgehead atoms. The number of aromatic carboxylic acids is 2. The maximum absolute atomic E-state index is 12.8. The van der Waals surface area contributed by atoms with Crippen LogP contribution >= 0.6 is 11.8 Å². The lowest BCUT2D eigenvalue weighted by Gasteiger charge is -2.18. The van der Waals surface area contributed by atoms with Crippen molar-refractivity contribution < 1.29 is 29.4 Å². The molecule has 1 unspecified atom stereocenters. The van der Waals surface area contributed by atoms with Crippen LogP contribution in [0.2, 0.25) is 0 Å². The molecule has 2 N–H and O–H groups in total. The molecule has 1 saturated heterocycles. The van der Waals surface area contributed by atoms with Crippen LogP contribution < -0.4 is 4.90 Å². The molecule has 2 aromatic carbocycles. The van der Waals surface area contributed by atoms with Crippen LogP contribution in [0.1, 0.15) is 32.7 Å². The number of thioether (sulfide) groups is 1. The van der Waals surface area contributed by atoms with E-state index in [0.29, 0.717) is 10.5 Å². The summed E-state index contributed by atoms with van der Waals surface area (Å²) in [5, 5.41) is 17.7. The highest BCUT2D eigenvalue weighted by atomic mass is 32.2. The lowest BCUT2D eigenvalue weighted by Crippen LogP contribution is -2.32. The van der Waals surface area contributed by atoms with E-state index in [2.05, 4.69) is 0 Å². The van der Waals surface area contributed by atoms with Crippen molar-refractivity contribution in [3.8, 4) is 0 Å². The van der Waals surface area contributed by atoms with E-state index in [1.165, 1.54) is 18.2 Å². The second-order valence-electron chi connectivity index (χ2n) is 5.99. The molecule has 8 heteroatoms. The first-order valence-electron chi connectivity index (χ1n) is 7.99. The molecule has 2 aromatic rings. The SMILES string of the molecule is Cc1ccc(C(=O)O)cc1N1C(=O)CC(Sc2ccccc2C(=O)O)C1=O. The number of hydrogen-bond acceptors (Lipinski definition) is 5. The van der Waals surface area contributed by atoms with Crippen molar-refractivity contribution >= 4 is 41.2 Å². The minimum atomic E-state index is -1.16. The van der Waals surface area contributed by atoms with E-state index >= 15 is 0 Å². The largest absolute Gasteiger partial charge is 0.478 e. The highest BCUT2D eigenvalue weighted by Gasteiger charge is 2.41. The van der Waals surface area contributed by atoms with E-state index in [0.717, 1.165) is 16.7 Å². The highest BCUT2D eigenvalue weighted by molar-refractivity contribution is 8.00. The Labute approximate surface area is 158 Å². The zero-order valence-corrected chi connectivity index (χ0v) is 15.0. The topological polar surface area (TPSA) is 112 Å². The minimum absolute atomic E-state index is 0.0245. The zero-order chi connectivity index (χ0) is 19.7. The van der Waals surface area contributed by atoms with Crippen molar-refractivity contribution in [3.05, 3.63) is 59.2 Å². The second kappa shape index (κ2) is 7.24. The molecule has 0 aromatic heterocycles. The van der Waals surface area contributed by atoms with Crippen LogP contribution in [0.15, 0.2) is 47.4 Å². The van der Waals surface area contributed by atoms with E-state index in [-0.39, 0.29) is 23.2 Å². The van der Waals surface area contributed by atoms with Gasteiger partial charge in [0.25, 0.3) is 0 Å². The molecule has 3 rings (SSSR count). The van der Waals surface area contributed by atoms with Crippen LogP contribution in [-0.2, 0) is 9.59 Å². The fourth-order valence-electron chi connectivity index (χ4n) is 2.83. The van der Waals surface area contributed by atoms with Gasteiger partial charge in [-0.05, 0) is 36.8 Å². The van der Waals surface area contributed by atoms with Crippen molar-refractivity contribution in [2.75, 3.05) is 4.90 Å². The van der Waals surface area contributed by atoms with Gasteiger partial charge in [-0.25, -0.2) is 14.5 Å². The smallest absolute Gasteiger partial charge is 0.336 e. The Bertz CT molecular complexity index is 970. The van der Waals surface area contributed by atoms with E-state index in [9.17, 15) is 24.3 Å². The van der Waals surface area contributed by atoms with E-state index in [1.54, 1.807) is 31.2 Å². The first-order valence-corrected chi connectivity index (χ1v) is 8.87. The number of aryl methyl sites for hydroxylation is 1. The summed E-state index contributed by atoms with van der Waals surface area (Å²) < 4.78 is 0. The van der Waals surface area contributed by atoms with Gasteiger partial charge < -0.3 is 10.2 Å². The van der Waals surface area contributed by atoms with Crippen LogP contribution in [0.4, 0.5) is 5.69 Å². The van der Waals surface area contributed by atoms with Crippen molar-refractivity contribution in [2.45, 2.75) is 23.5 Å². The number of carbonyl (C=O) groups excluding carboxylic acids is 2. The number of amides is 2. The summed E-state index contributed by atoms with van der Waals surface area (Å²) in [4.78, 5) is 49.2. The predicted molar refractivity (Wildman–Crippen MR) is 98.3 cm³/mol. The zero-order valence-electron chi connectivity index (χ0n) is 14.2.